The topological polar surface area (TPSA) is 55.2 Å². The third-order valence-electron chi connectivity index (χ3n) is 3.93. The van der Waals surface area contributed by atoms with E-state index in [2.05, 4.69) is 4.98 Å². The van der Waals surface area contributed by atoms with Crippen LogP contribution in [0.15, 0.2) is 53.4 Å². The van der Waals surface area contributed by atoms with Gasteiger partial charge in [-0.15, -0.1) is 0 Å². The summed E-state index contributed by atoms with van der Waals surface area (Å²) in [5.41, 5.74) is 2.68. The van der Waals surface area contributed by atoms with Crippen LogP contribution in [0.3, 0.4) is 0 Å². The fraction of sp³-hybridized carbons (Fsp3) is 0.235. The van der Waals surface area contributed by atoms with Crippen LogP contribution >= 0.6 is 0 Å². The SMILES string of the molecule is CN(Cc1nc2ccccc2n1C)c1ccccc1S(C)(=O)=O. The van der Waals surface area contributed by atoms with Crippen LogP contribution in [0.4, 0.5) is 5.69 Å². The molecule has 1 heterocycles. The van der Waals surface area contributed by atoms with E-state index in [9.17, 15) is 8.42 Å². The predicted molar refractivity (Wildman–Crippen MR) is 92.4 cm³/mol. The summed E-state index contributed by atoms with van der Waals surface area (Å²) in [7, 11) is 0.577. The first-order valence-corrected chi connectivity index (χ1v) is 9.17. The van der Waals surface area contributed by atoms with Gasteiger partial charge in [0.05, 0.1) is 28.2 Å². The molecule has 23 heavy (non-hydrogen) atoms. The van der Waals surface area contributed by atoms with Crippen LogP contribution < -0.4 is 4.90 Å². The van der Waals surface area contributed by atoms with Crippen molar-refractivity contribution >= 4 is 26.6 Å². The molecule has 0 spiro atoms. The molecular formula is C17H19N3O2S. The minimum Gasteiger partial charge on any atom is -0.366 e. The minimum absolute atomic E-state index is 0.335. The summed E-state index contributed by atoms with van der Waals surface area (Å²) in [6.45, 7) is 0.526. The second-order valence-electron chi connectivity index (χ2n) is 5.67. The van der Waals surface area contributed by atoms with Gasteiger partial charge in [0.2, 0.25) is 0 Å². The molecule has 0 radical (unpaired) electrons. The number of nitrogens with zero attached hydrogens (tertiary/aromatic N) is 3. The summed E-state index contributed by atoms with van der Waals surface area (Å²) >= 11 is 0. The van der Waals surface area contributed by atoms with Gasteiger partial charge in [-0.2, -0.15) is 0 Å². The molecule has 0 aliphatic rings. The average molecular weight is 329 g/mol. The zero-order valence-corrected chi connectivity index (χ0v) is 14.2. The van der Waals surface area contributed by atoms with Crippen LogP contribution in [0.5, 0.6) is 0 Å². The fourth-order valence-electron chi connectivity index (χ4n) is 2.72. The van der Waals surface area contributed by atoms with E-state index in [-0.39, 0.29) is 0 Å². The highest BCUT2D eigenvalue weighted by Crippen LogP contribution is 2.25. The van der Waals surface area contributed by atoms with Crippen LogP contribution in [-0.2, 0) is 23.4 Å². The Balaban J connectivity index is 1.99. The lowest BCUT2D eigenvalue weighted by atomic mass is 10.3. The molecule has 6 heteroatoms. The molecule has 0 aliphatic carbocycles. The van der Waals surface area contributed by atoms with E-state index in [4.69, 9.17) is 0 Å². The quantitative estimate of drug-likeness (QED) is 0.738. The Morgan fingerprint density at radius 2 is 1.74 bits per heavy atom. The van der Waals surface area contributed by atoms with E-state index in [1.165, 1.54) is 6.26 Å². The molecule has 0 aliphatic heterocycles. The molecular weight excluding hydrogens is 310 g/mol. The highest BCUT2D eigenvalue weighted by molar-refractivity contribution is 7.90. The van der Waals surface area contributed by atoms with Gasteiger partial charge in [-0.1, -0.05) is 24.3 Å². The predicted octanol–water partition coefficient (Wildman–Crippen LogP) is 2.61. The maximum atomic E-state index is 12.0. The zero-order valence-electron chi connectivity index (χ0n) is 13.4. The summed E-state index contributed by atoms with van der Waals surface area (Å²) in [4.78, 5) is 6.89. The van der Waals surface area contributed by atoms with Crippen molar-refractivity contribution in [1.82, 2.24) is 9.55 Å². The Morgan fingerprint density at radius 3 is 2.43 bits per heavy atom. The molecule has 0 saturated heterocycles. The lowest BCUT2D eigenvalue weighted by molar-refractivity contribution is 0.601. The van der Waals surface area contributed by atoms with Gasteiger partial charge >= 0.3 is 0 Å². The van der Waals surface area contributed by atoms with Gasteiger partial charge in [-0.05, 0) is 24.3 Å². The van der Waals surface area contributed by atoms with Crippen molar-refractivity contribution < 1.29 is 8.42 Å². The summed E-state index contributed by atoms with van der Waals surface area (Å²) in [6.07, 6.45) is 1.23. The number of aryl methyl sites for hydroxylation is 1. The molecule has 5 nitrogen and oxygen atoms in total. The highest BCUT2D eigenvalue weighted by atomic mass is 32.2. The molecule has 0 atom stereocenters. The number of para-hydroxylation sites is 3. The number of hydrogen-bond acceptors (Lipinski definition) is 4. The fourth-order valence-corrected chi connectivity index (χ4v) is 3.65. The summed E-state index contributed by atoms with van der Waals surface area (Å²) < 4.78 is 26.0. The average Bonchev–Trinajstić information content (AvgIpc) is 2.83. The Kier molecular flexibility index (Phi) is 3.85. The smallest absolute Gasteiger partial charge is 0.177 e. The molecule has 0 bridgehead atoms. The standard InChI is InChI=1S/C17H19N3O2S/c1-19(15-10-6-7-11-16(15)23(3,21)22)12-17-18-13-8-4-5-9-14(13)20(17)2/h4-11H,12H2,1-3H3. The van der Waals surface area contributed by atoms with Crippen molar-refractivity contribution in [3.8, 4) is 0 Å². The molecule has 0 amide bonds. The highest BCUT2D eigenvalue weighted by Gasteiger charge is 2.17. The molecule has 0 saturated carbocycles. The number of rotatable bonds is 4. The lowest BCUT2D eigenvalue weighted by Crippen LogP contribution is -2.21. The van der Waals surface area contributed by atoms with Crippen LogP contribution in [0.1, 0.15) is 5.82 Å². The van der Waals surface area contributed by atoms with Gasteiger partial charge in [-0.3, -0.25) is 0 Å². The second-order valence-corrected chi connectivity index (χ2v) is 7.66. The Hall–Kier alpha value is -2.34. The van der Waals surface area contributed by atoms with E-state index in [0.29, 0.717) is 17.1 Å². The van der Waals surface area contributed by atoms with E-state index < -0.39 is 9.84 Å². The van der Waals surface area contributed by atoms with Crippen molar-refractivity contribution in [2.75, 3.05) is 18.2 Å². The van der Waals surface area contributed by atoms with Crippen molar-refractivity contribution in [2.45, 2.75) is 11.4 Å². The van der Waals surface area contributed by atoms with Gasteiger partial charge in [0.15, 0.2) is 9.84 Å². The third-order valence-corrected chi connectivity index (χ3v) is 5.08. The number of aromatic nitrogens is 2. The first-order valence-electron chi connectivity index (χ1n) is 7.28. The molecule has 3 aromatic rings. The number of imidazole rings is 1. The second kappa shape index (κ2) is 5.70. The first kappa shape index (κ1) is 15.6. The summed E-state index contributed by atoms with van der Waals surface area (Å²) in [5, 5.41) is 0. The molecule has 2 aromatic carbocycles. The Bertz CT molecular complexity index is 961. The largest absolute Gasteiger partial charge is 0.366 e. The number of sulfone groups is 1. The van der Waals surface area contributed by atoms with Crippen LogP contribution in [0.25, 0.3) is 11.0 Å². The minimum atomic E-state index is -3.27. The molecule has 3 rings (SSSR count). The number of fused-ring (bicyclic) bond motifs is 1. The summed E-state index contributed by atoms with van der Waals surface area (Å²) in [6, 6.07) is 15.0. The van der Waals surface area contributed by atoms with Crippen LogP contribution in [-0.4, -0.2) is 31.3 Å². The van der Waals surface area contributed by atoms with Crippen molar-refractivity contribution in [3.05, 3.63) is 54.4 Å². The van der Waals surface area contributed by atoms with Crippen molar-refractivity contribution in [3.63, 3.8) is 0 Å². The van der Waals surface area contributed by atoms with Crippen molar-refractivity contribution in [2.24, 2.45) is 7.05 Å². The maximum absolute atomic E-state index is 12.0. The van der Waals surface area contributed by atoms with E-state index >= 15 is 0 Å². The Labute approximate surface area is 136 Å². The van der Waals surface area contributed by atoms with Gasteiger partial charge < -0.3 is 9.47 Å². The Morgan fingerprint density at radius 1 is 1.09 bits per heavy atom. The van der Waals surface area contributed by atoms with Crippen molar-refractivity contribution in [1.29, 1.82) is 0 Å². The number of benzene rings is 2. The summed E-state index contributed by atoms with van der Waals surface area (Å²) in [5.74, 6) is 0.886. The monoisotopic (exact) mass is 329 g/mol. The van der Waals surface area contributed by atoms with Gasteiger partial charge in [0.1, 0.15) is 5.82 Å². The van der Waals surface area contributed by atoms with Gasteiger partial charge in [0, 0.05) is 20.4 Å². The molecule has 0 N–H and O–H groups in total. The lowest BCUT2D eigenvalue weighted by Gasteiger charge is -2.21. The molecule has 120 valence electrons. The van der Waals surface area contributed by atoms with E-state index in [1.807, 2.05) is 60.0 Å². The third kappa shape index (κ3) is 2.94. The van der Waals surface area contributed by atoms with E-state index in [1.54, 1.807) is 12.1 Å². The molecule has 1 aromatic heterocycles. The first-order chi connectivity index (χ1) is 10.9. The van der Waals surface area contributed by atoms with E-state index in [0.717, 1.165) is 16.9 Å². The van der Waals surface area contributed by atoms with Gasteiger partial charge in [0.25, 0.3) is 0 Å². The number of hydrogen-bond donors (Lipinski definition) is 0. The molecule has 0 fully saturated rings. The molecule has 0 unspecified atom stereocenters. The zero-order chi connectivity index (χ0) is 16.6. The van der Waals surface area contributed by atoms with Gasteiger partial charge in [-0.25, -0.2) is 13.4 Å². The van der Waals surface area contributed by atoms with Crippen LogP contribution in [0, 0.1) is 0 Å². The number of anilines is 1. The maximum Gasteiger partial charge on any atom is 0.177 e. The van der Waals surface area contributed by atoms with Crippen LogP contribution in [0.2, 0.25) is 0 Å². The normalized spacial score (nSPS) is 11.8.